The van der Waals surface area contributed by atoms with E-state index in [1.54, 1.807) is 12.1 Å². The number of fused-ring (bicyclic) bond motifs is 2. The normalized spacial score (nSPS) is 32.7. The van der Waals surface area contributed by atoms with Gasteiger partial charge in [0.15, 0.2) is 0 Å². The van der Waals surface area contributed by atoms with Crippen LogP contribution in [0.25, 0.3) is 0 Å². The van der Waals surface area contributed by atoms with Gasteiger partial charge in [0, 0.05) is 12.6 Å². The molecule has 3 nitrogen and oxygen atoms in total. The van der Waals surface area contributed by atoms with E-state index in [1.165, 1.54) is 23.1 Å². The van der Waals surface area contributed by atoms with E-state index in [4.69, 9.17) is 0 Å². The molecule has 0 bridgehead atoms. The van der Waals surface area contributed by atoms with Crippen LogP contribution in [0.5, 0.6) is 0 Å². The molecule has 0 unspecified atom stereocenters. The number of sulfonamides is 1. The second kappa shape index (κ2) is 6.92. The van der Waals surface area contributed by atoms with Crippen LogP contribution < -0.4 is 0 Å². The average Bonchev–Trinajstić information content (AvgIpc) is 3.03. The van der Waals surface area contributed by atoms with Crippen LogP contribution in [0.2, 0.25) is 0 Å². The Morgan fingerprint density at radius 2 is 1.74 bits per heavy atom. The molecule has 0 amide bonds. The highest BCUT2D eigenvalue weighted by Gasteiger charge is 2.63. The first-order chi connectivity index (χ1) is 14.6. The number of nitrogens with zero attached hydrogens (tertiary/aromatic N) is 1. The summed E-state index contributed by atoms with van der Waals surface area (Å²) in [5.74, 6) is 0.842. The summed E-state index contributed by atoms with van der Waals surface area (Å²) in [6, 6.07) is 14.4. The molecule has 1 saturated heterocycles. The molecule has 0 spiro atoms. The molecular formula is C27H35NO2S. The smallest absolute Gasteiger partial charge is 0.207 e. The molecule has 2 aliphatic carbocycles. The first-order valence-electron chi connectivity index (χ1n) is 11.8. The molecule has 166 valence electrons. The Bertz CT molecular complexity index is 1120. The summed E-state index contributed by atoms with van der Waals surface area (Å²) in [5, 5.41) is 0. The van der Waals surface area contributed by atoms with Crippen LogP contribution in [-0.4, -0.2) is 25.3 Å². The fraction of sp³-hybridized carbons (Fsp3) is 0.556. The Balaban J connectivity index is 1.65. The first kappa shape index (κ1) is 21.2. The quantitative estimate of drug-likeness (QED) is 0.607. The molecule has 1 saturated carbocycles. The summed E-state index contributed by atoms with van der Waals surface area (Å²) in [6.45, 7) is 11.9. The maximum atomic E-state index is 13.8. The van der Waals surface area contributed by atoms with Crippen LogP contribution in [0.15, 0.2) is 47.4 Å². The zero-order valence-corrected chi connectivity index (χ0v) is 20.3. The number of hydrogen-bond acceptors (Lipinski definition) is 2. The Morgan fingerprint density at radius 1 is 1.03 bits per heavy atom. The number of aryl methyl sites for hydroxylation is 1. The summed E-state index contributed by atoms with van der Waals surface area (Å²) in [6.07, 6.45) is 4.26. The minimum atomic E-state index is -3.53. The van der Waals surface area contributed by atoms with Gasteiger partial charge in [0.2, 0.25) is 10.0 Å². The second-order valence-corrected chi connectivity index (χ2v) is 13.0. The highest BCUT2D eigenvalue weighted by molar-refractivity contribution is 7.89. The lowest BCUT2D eigenvalue weighted by atomic mass is 9.50. The first-order valence-corrected chi connectivity index (χ1v) is 13.2. The van der Waals surface area contributed by atoms with Gasteiger partial charge in [-0.05, 0) is 77.7 Å². The lowest BCUT2D eigenvalue weighted by molar-refractivity contribution is 0.0580. The molecule has 31 heavy (non-hydrogen) atoms. The molecule has 5 rings (SSSR count). The standard InChI is InChI=1S/C27H35NO2S/c1-18(2)20-9-12-23-21(15-20)16-24-25-26(4,13-6-14-27(23,25)5)17-28(24)31(29,30)22-10-7-19(3)8-11-22/h7-12,15,18,24-25H,6,13-14,16-17H2,1-5H3/t24-,25+,26+,27-/m1/s1. The van der Waals surface area contributed by atoms with Gasteiger partial charge in [-0.1, -0.05) is 70.0 Å². The third-order valence-corrected chi connectivity index (χ3v) is 10.5. The van der Waals surface area contributed by atoms with Crippen molar-refractivity contribution in [2.75, 3.05) is 6.54 Å². The lowest BCUT2D eigenvalue weighted by Crippen LogP contribution is -2.53. The molecule has 0 aromatic heterocycles. The van der Waals surface area contributed by atoms with Gasteiger partial charge in [-0.15, -0.1) is 0 Å². The van der Waals surface area contributed by atoms with Gasteiger partial charge >= 0.3 is 0 Å². The lowest BCUT2D eigenvalue weighted by Gasteiger charge is -2.54. The van der Waals surface area contributed by atoms with E-state index in [-0.39, 0.29) is 16.9 Å². The predicted molar refractivity (Wildman–Crippen MR) is 126 cm³/mol. The van der Waals surface area contributed by atoms with Gasteiger partial charge in [0.1, 0.15) is 0 Å². The van der Waals surface area contributed by atoms with Gasteiger partial charge in [-0.25, -0.2) is 8.42 Å². The molecule has 3 aliphatic rings. The third kappa shape index (κ3) is 3.05. The molecular weight excluding hydrogens is 402 g/mol. The van der Waals surface area contributed by atoms with Gasteiger partial charge in [-0.3, -0.25) is 0 Å². The monoisotopic (exact) mass is 437 g/mol. The van der Waals surface area contributed by atoms with Crippen LogP contribution in [0.3, 0.4) is 0 Å². The van der Waals surface area contributed by atoms with Crippen molar-refractivity contribution in [1.29, 1.82) is 0 Å². The molecule has 2 aromatic rings. The van der Waals surface area contributed by atoms with Crippen LogP contribution >= 0.6 is 0 Å². The van der Waals surface area contributed by atoms with Crippen molar-refractivity contribution in [3.05, 3.63) is 64.7 Å². The fourth-order valence-corrected chi connectivity index (χ4v) is 8.97. The largest absolute Gasteiger partial charge is 0.243 e. The second-order valence-electron chi connectivity index (χ2n) is 11.1. The maximum Gasteiger partial charge on any atom is 0.243 e. The maximum absolute atomic E-state index is 13.8. The van der Waals surface area contributed by atoms with E-state index < -0.39 is 10.0 Å². The van der Waals surface area contributed by atoms with Crippen molar-refractivity contribution in [1.82, 2.24) is 4.31 Å². The molecule has 1 aliphatic heterocycles. The van der Waals surface area contributed by atoms with E-state index in [0.717, 1.165) is 24.8 Å². The predicted octanol–water partition coefficient (Wildman–Crippen LogP) is 5.81. The van der Waals surface area contributed by atoms with E-state index in [9.17, 15) is 8.42 Å². The Hall–Kier alpha value is -1.65. The fourth-order valence-electron chi connectivity index (χ4n) is 7.20. The zero-order valence-electron chi connectivity index (χ0n) is 19.5. The van der Waals surface area contributed by atoms with Crippen LogP contribution in [0.4, 0.5) is 0 Å². The molecule has 0 N–H and O–H groups in total. The molecule has 4 atom stereocenters. The highest BCUT2D eigenvalue weighted by atomic mass is 32.2. The summed E-state index contributed by atoms with van der Waals surface area (Å²) < 4.78 is 29.6. The van der Waals surface area contributed by atoms with Crippen molar-refractivity contribution < 1.29 is 8.42 Å². The van der Waals surface area contributed by atoms with Crippen LogP contribution in [-0.2, 0) is 21.9 Å². The number of benzene rings is 2. The number of hydrogen-bond donors (Lipinski definition) is 0. The summed E-state index contributed by atoms with van der Waals surface area (Å²) in [4.78, 5) is 0.434. The summed E-state index contributed by atoms with van der Waals surface area (Å²) in [7, 11) is -3.53. The topological polar surface area (TPSA) is 37.4 Å². The van der Waals surface area contributed by atoms with Gasteiger partial charge in [0.05, 0.1) is 4.90 Å². The molecule has 0 radical (unpaired) electrons. The van der Waals surface area contributed by atoms with Gasteiger partial charge in [-0.2, -0.15) is 4.31 Å². The zero-order chi connectivity index (χ0) is 22.2. The van der Waals surface area contributed by atoms with Crippen molar-refractivity contribution >= 4 is 10.0 Å². The Kier molecular flexibility index (Phi) is 4.74. The summed E-state index contributed by atoms with van der Waals surface area (Å²) >= 11 is 0. The highest BCUT2D eigenvalue weighted by Crippen LogP contribution is 2.62. The van der Waals surface area contributed by atoms with E-state index >= 15 is 0 Å². The Labute approximate surface area is 187 Å². The van der Waals surface area contributed by atoms with Gasteiger partial charge < -0.3 is 0 Å². The SMILES string of the molecule is Cc1ccc(S(=O)(=O)N2C[C@]3(C)CCC[C@]4(C)c5ccc(C(C)C)cc5C[C@@H]2[C@@H]34)cc1. The van der Waals surface area contributed by atoms with E-state index in [2.05, 4.69) is 45.9 Å². The van der Waals surface area contributed by atoms with Crippen molar-refractivity contribution in [3.63, 3.8) is 0 Å². The van der Waals surface area contributed by atoms with Crippen LogP contribution in [0, 0.1) is 18.3 Å². The van der Waals surface area contributed by atoms with Crippen LogP contribution in [0.1, 0.15) is 75.1 Å². The number of rotatable bonds is 3. The van der Waals surface area contributed by atoms with Crippen molar-refractivity contribution in [2.24, 2.45) is 11.3 Å². The van der Waals surface area contributed by atoms with Crippen molar-refractivity contribution in [3.8, 4) is 0 Å². The Morgan fingerprint density at radius 3 is 2.42 bits per heavy atom. The molecule has 2 aromatic carbocycles. The third-order valence-electron chi connectivity index (χ3n) is 8.62. The molecule has 4 heteroatoms. The average molecular weight is 438 g/mol. The minimum absolute atomic E-state index is 0.0316. The molecule has 1 heterocycles. The minimum Gasteiger partial charge on any atom is -0.207 e. The van der Waals surface area contributed by atoms with Gasteiger partial charge in [0.25, 0.3) is 0 Å². The molecule has 2 fully saturated rings. The van der Waals surface area contributed by atoms with E-state index in [0.29, 0.717) is 23.3 Å². The van der Waals surface area contributed by atoms with Crippen molar-refractivity contribution in [2.45, 2.75) is 82.6 Å². The summed E-state index contributed by atoms with van der Waals surface area (Å²) in [5.41, 5.74) is 5.35. The van der Waals surface area contributed by atoms with E-state index in [1.807, 2.05) is 23.4 Å².